The number of carbonyl (C=O) groups is 2. The van der Waals surface area contributed by atoms with E-state index in [0.717, 1.165) is 5.56 Å². The van der Waals surface area contributed by atoms with Crippen LogP contribution in [0.1, 0.15) is 24.8 Å². The Kier molecular flexibility index (Phi) is 5.95. The van der Waals surface area contributed by atoms with Crippen molar-refractivity contribution in [2.24, 2.45) is 5.73 Å². The lowest BCUT2D eigenvalue weighted by Crippen LogP contribution is -2.23. The maximum absolute atomic E-state index is 11.4. The summed E-state index contributed by atoms with van der Waals surface area (Å²) in [5.74, 6) is -0.519. The molecule has 0 unspecified atom stereocenters. The molecule has 0 spiro atoms. The Morgan fingerprint density at radius 1 is 1.17 bits per heavy atom. The first-order valence-corrected chi connectivity index (χ1v) is 6.23. The quantitative estimate of drug-likeness (QED) is 0.843. The first-order valence-electron chi connectivity index (χ1n) is 5.48. The number of nitrogens with one attached hydrogen (secondary N) is 1. The second kappa shape index (κ2) is 7.24. The van der Waals surface area contributed by atoms with E-state index in [9.17, 15) is 9.59 Å². The molecule has 0 saturated carbocycles. The van der Waals surface area contributed by atoms with Crippen molar-refractivity contribution >= 4 is 35.0 Å². The van der Waals surface area contributed by atoms with Crippen molar-refractivity contribution in [1.82, 2.24) is 5.32 Å². The maximum atomic E-state index is 11.4. The minimum atomic E-state index is -0.396. The highest BCUT2D eigenvalue weighted by molar-refractivity contribution is 6.42. The molecule has 6 heteroatoms. The Hall–Kier alpha value is -1.26. The second-order valence-corrected chi connectivity index (χ2v) is 4.66. The van der Waals surface area contributed by atoms with E-state index in [1.807, 2.05) is 0 Å². The summed E-state index contributed by atoms with van der Waals surface area (Å²) in [6, 6.07) is 5.17. The highest BCUT2D eigenvalue weighted by Gasteiger charge is 2.04. The SMILES string of the molecule is NC(=O)CCCC(=O)NCc1ccc(Cl)c(Cl)c1. The third-order valence-corrected chi connectivity index (χ3v) is 3.04. The molecule has 2 amide bonds. The standard InChI is InChI=1S/C12H14Cl2N2O2/c13-9-5-4-8(6-10(9)14)7-16-12(18)3-1-2-11(15)17/h4-6H,1-3,7H2,(H2,15,17)(H,16,18). The highest BCUT2D eigenvalue weighted by Crippen LogP contribution is 2.22. The molecule has 0 heterocycles. The predicted molar refractivity (Wildman–Crippen MR) is 71.4 cm³/mol. The lowest BCUT2D eigenvalue weighted by Gasteiger charge is -2.06. The molecule has 0 fully saturated rings. The van der Waals surface area contributed by atoms with Crippen molar-refractivity contribution in [2.75, 3.05) is 0 Å². The summed E-state index contributed by atoms with van der Waals surface area (Å²) in [4.78, 5) is 21.9. The maximum Gasteiger partial charge on any atom is 0.220 e. The zero-order valence-corrected chi connectivity index (χ0v) is 11.2. The summed E-state index contributed by atoms with van der Waals surface area (Å²) in [6.45, 7) is 0.381. The molecule has 98 valence electrons. The molecule has 0 saturated heterocycles. The summed E-state index contributed by atoms with van der Waals surface area (Å²) in [5, 5.41) is 3.66. The van der Waals surface area contributed by atoms with Crippen LogP contribution in [0.4, 0.5) is 0 Å². The van der Waals surface area contributed by atoms with E-state index in [2.05, 4.69) is 5.32 Å². The lowest BCUT2D eigenvalue weighted by molar-refractivity contribution is -0.121. The average molecular weight is 289 g/mol. The zero-order valence-electron chi connectivity index (χ0n) is 9.71. The first-order chi connectivity index (χ1) is 8.49. The molecule has 0 aliphatic rings. The average Bonchev–Trinajstić information content (AvgIpc) is 2.30. The number of benzene rings is 1. The van der Waals surface area contributed by atoms with E-state index >= 15 is 0 Å². The monoisotopic (exact) mass is 288 g/mol. The third-order valence-electron chi connectivity index (χ3n) is 2.30. The van der Waals surface area contributed by atoms with Gasteiger partial charge in [-0.1, -0.05) is 29.3 Å². The summed E-state index contributed by atoms with van der Waals surface area (Å²) < 4.78 is 0. The van der Waals surface area contributed by atoms with Gasteiger partial charge in [-0.05, 0) is 24.1 Å². The van der Waals surface area contributed by atoms with Gasteiger partial charge in [-0.3, -0.25) is 9.59 Å². The van der Waals surface area contributed by atoms with E-state index in [0.29, 0.717) is 23.0 Å². The molecule has 4 nitrogen and oxygen atoms in total. The van der Waals surface area contributed by atoms with Crippen molar-refractivity contribution < 1.29 is 9.59 Å². The Balaban J connectivity index is 2.33. The van der Waals surface area contributed by atoms with Crippen molar-refractivity contribution in [3.05, 3.63) is 33.8 Å². The first kappa shape index (κ1) is 14.8. The van der Waals surface area contributed by atoms with E-state index in [4.69, 9.17) is 28.9 Å². The van der Waals surface area contributed by atoms with Crippen molar-refractivity contribution in [1.29, 1.82) is 0 Å². The molecule has 0 radical (unpaired) electrons. The summed E-state index contributed by atoms with van der Waals surface area (Å²) in [5.41, 5.74) is 5.84. The molecule has 0 aromatic heterocycles. The number of primary amides is 1. The summed E-state index contributed by atoms with van der Waals surface area (Å²) >= 11 is 11.6. The van der Waals surface area contributed by atoms with E-state index in [1.54, 1.807) is 18.2 Å². The molecular weight excluding hydrogens is 275 g/mol. The van der Waals surface area contributed by atoms with Gasteiger partial charge < -0.3 is 11.1 Å². The van der Waals surface area contributed by atoms with Crippen LogP contribution in [0.3, 0.4) is 0 Å². The molecular formula is C12H14Cl2N2O2. The molecule has 0 bridgehead atoms. The molecule has 3 N–H and O–H groups in total. The van der Waals surface area contributed by atoms with Crippen LogP contribution >= 0.6 is 23.2 Å². The van der Waals surface area contributed by atoms with Crippen LogP contribution in [0.25, 0.3) is 0 Å². The largest absolute Gasteiger partial charge is 0.370 e. The number of hydrogen-bond donors (Lipinski definition) is 2. The van der Waals surface area contributed by atoms with Gasteiger partial charge in [0.1, 0.15) is 0 Å². The van der Waals surface area contributed by atoms with Crippen LogP contribution in [0, 0.1) is 0 Å². The van der Waals surface area contributed by atoms with Crippen molar-refractivity contribution in [2.45, 2.75) is 25.8 Å². The molecule has 1 aromatic carbocycles. The van der Waals surface area contributed by atoms with Crippen LogP contribution in [-0.4, -0.2) is 11.8 Å². The van der Waals surface area contributed by atoms with Crippen LogP contribution in [0.5, 0.6) is 0 Å². The number of hydrogen-bond acceptors (Lipinski definition) is 2. The van der Waals surface area contributed by atoms with Gasteiger partial charge in [-0.25, -0.2) is 0 Å². The van der Waals surface area contributed by atoms with E-state index < -0.39 is 5.91 Å². The Morgan fingerprint density at radius 2 is 1.89 bits per heavy atom. The highest BCUT2D eigenvalue weighted by atomic mass is 35.5. The van der Waals surface area contributed by atoms with E-state index in [-0.39, 0.29) is 18.7 Å². The molecule has 0 aliphatic heterocycles. The van der Waals surface area contributed by atoms with E-state index in [1.165, 1.54) is 0 Å². The molecule has 0 atom stereocenters. The predicted octanol–water partition coefficient (Wildman–Crippen LogP) is 2.27. The molecule has 1 rings (SSSR count). The number of rotatable bonds is 6. The third kappa shape index (κ3) is 5.38. The van der Waals surface area contributed by atoms with Gasteiger partial charge in [-0.2, -0.15) is 0 Å². The molecule has 0 aliphatic carbocycles. The Morgan fingerprint density at radius 3 is 2.50 bits per heavy atom. The number of amides is 2. The van der Waals surface area contributed by atoms with Gasteiger partial charge in [0.25, 0.3) is 0 Å². The lowest BCUT2D eigenvalue weighted by atomic mass is 10.2. The minimum Gasteiger partial charge on any atom is -0.370 e. The van der Waals surface area contributed by atoms with Crippen molar-refractivity contribution in [3.8, 4) is 0 Å². The van der Waals surface area contributed by atoms with Gasteiger partial charge in [0.05, 0.1) is 10.0 Å². The van der Waals surface area contributed by atoms with Gasteiger partial charge in [0.2, 0.25) is 11.8 Å². The van der Waals surface area contributed by atoms with Crippen LogP contribution < -0.4 is 11.1 Å². The second-order valence-electron chi connectivity index (χ2n) is 3.85. The summed E-state index contributed by atoms with van der Waals surface area (Å²) in [7, 11) is 0. The Labute approximate surface area is 115 Å². The fourth-order valence-electron chi connectivity index (χ4n) is 1.36. The zero-order chi connectivity index (χ0) is 13.5. The van der Waals surface area contributed by atoms with Crippen LogP contribution in [0.15, 0.2) is 18.2 Å². The van der Waals surface area contributed by atoms with Crippen LogP contribution in [0.2, 0.25) is 10.0 Å². The van der Waals surface area contributed by atoms with Gasteiger partial charge in [0.15, 0.2) is 0 Å². The van der Waals surface area contributed by atoms with Crippen LogP contribution in [-0.2, 0) is 16.1 Å². The fourth-order valence-corrected chi connectivity index (χ4v) is 1.68. The van der Waals surface area contributed by atoms with Gasteiger partial charge in [-0.15, -0.1) is 0 Å². The van der Waals surface area contributed by atoms with Crippen molar-refractivity contribution in [3.63, 3.8) is 0 Å². The molecule has 1 aromatic rings. The summed E-state index contributed by atoms with van der Waals surface area (Å²) in [6.07, 6.45) is 0.965. The topological polar surface area (TPSA) is 72.2 Å². The fraction of sp³-hybridized carbons (Fsp3) is 0.333. The number of halogens is 2. The number of carbonyl (C=O) groups excluding carboxylic acids is 2. The minimum absolute atomic E-state index is 0.123. The van der Waals surface area contributed by atoms with Gasteiger partial charge in [0, 0.05) is 19.4 Å². The Bertz CT molecular complexity index is 450. The van der Waals surface area contributed by atoms with Gasteiger partial charge >= 0.3 is 0 Å². The smallest absolute Gasteiger partial charge is 0.220 e. The normalized spacial score (nSPS) is 10.1. The number of nitrogens with two attached hydrogens (primary N) is 1. The molecule has 18 heavy (non-hydrogen) atoms.